The molecule has 0 saturated carbocycles. The highest BCUT2D eigenvalue weighted by Crippen LogP contribution is 2.11. The number of phenols is 1. The van der Waals surface area contributed by atoms with Gasteiger partial charge in [0, 0.05) is 13.1 Å². The third-order valence-corrected chi connectivity index (χ3v) is 3.69. The number of hydrogen-bond acceptors (Lipinski definition) is 2. The van der Waals surface area contributed by atoms with E-state index in [2.05, 4.69) is 15.6 Å². The molecule has 0 aliphatic heterocycles. The minimum absolute atomic E-state index is 0. The zero-order chi connectivity index (χ0) is 17.4. The van der Waals surface area contributed by atoms with Crippen molar-refractivity contribution < 1.29 is 9.50 Å². The van der Waals surface area contributed by atoms with Crippen LogP contribution >= 0.6 is 24.0 Å². The molecule has 0 aromatic heterocycles. The van der Waals surface area contributed by atoms with Gasteiger partial charge in [-0.2, -0.15) is 0 Å². The van der Waals surface area contributed by atoms with E-state index in [-0.39, 0.29) is 35.5 Å². The first kappa shape index (κ1) is 21.2. The second-order valence-electron chi connectivity index (χ2n) is 5.61. The van der Waals surface area contributed by atoms with Gasteiger partial charge in [-0.3, -0.25) is 0 Å². The van der Waals surface area contributed by atoms with Crippen LogP contribution in [0.1, 0.15) is 23.6 Å². The Morgan fingerprint density at radius 2 is 1.84 bits per heavy atom. The van der Waals surface area contributed by atoms with Crippen molar-refractivity contribution in [2.45, 2.75) is 26.8 Å². The Morgan fingerprint density at radius 3 is 2.48 bits per heavy atom. The number of aryl methyl sites for hydroxylation is 1. The van der Waals surface area contributed by atoms with Gasteiger partial charge in [-0.15, -0.1) is 24.0 Å². The maximum absolute atomic E-state index is 13.1. The summed E-state index contributed by atoms with van der Waals surface area (Å²) in [5, 5.41) is 15.8. The predicted octanol–water partition coefficient (Wildman–Crippen LogP) is 3.76. The van der Waals surface area contributed by atoms with E-state index in [9.17, 15) is 9.50 Å². The Bertz CT molecular complexity index is 690. The number of guanidine groups is 1. The van der Waals surface area contributed by atoms with Crippen LogP contribution in [0.4, 0.5) is 4.39 Å². The topological polar surface area (TPSA) is 56.7 Å². The fourth-order valence-electron chi connectivity index (χ4n) is 2.37. The molecule has 2 aromatic carbocycles. The standard InChI is InChI=1S/C19H24FN3O.HI/c1-3-21-19(23-13-15-4-8-18(24)9-5-15)22-11-10-16-6-7-17(20)12-14(16)2;/h4-9,12,24H,3,10-11,13H2,1-2H3,(H2,21,22,23);1H. The summed E-state index contributed by atoms with van der Waals surface area (Å²) in [5.74, 6) is 0.792. The zero-order valence-electron chi connectivity index (χ0n) is 14.6. The van der Waals surface area contributed by atoms with Gasteiger partial charge in [-0.1, -0.05) is 18.2 Å². The van der Waals surface area contributed by atoms with Gasteiger partial charge in [0.05, 0.1) is 6.54 Å². The van der Waals surface area contributed by atoms with Crippen LogP contribution in [0.2, 0.25) is 0 Å². The molecule has 0 aliphatic rings. The summed E-state index contributed by atoms with van der Waals surface area (Å²) in [6.45, 7) is 5.96. The van der Waals surface area contributed by atoms with Gasteiger partial charge in [0.15, 0.2) is 5.96 Å². The molecule has 0 spiro atoms. The molecule has 0 atom stereocenters. The number of halogens is 2. The largest absolute Gasteiger partial charge is 0.508 e. The van der Waals surface area contributed by atoms with Crippen LogP contribution in [0.5, 0.6) is 5.75 Å². The first-order valence-corrected chi connectivity index (χ1v) is 8.13. The number of aromatic hydroxyl groups is 1. The molecule has 6 heteroatoms. The van der Waals surface area contributed by atoms with Crippen LogP contribution < -0.4 is 10.6 Å². The Kier molecular flexibility index (Phi) is 9.26. The van der Waals surface area contributed by atoms with E-state index in [0.717, 1.165) is 35.6 Å². The molecule has 0 unspecified atom stereocenters. The molecule has 3 N–H and O–H groups in total. The van der Waals surface area contributed by atoms with Crippen molar-refractivity contribution in [3.05, 3.63) is 65.0 Å². The van der Waals surface area contributed by atoms with E-state index in [4.69, 9.17) is 0 Å². The van der Waals surface area contributed by atoms with E-state index in [1.54, 1.807) is 18.2 Å². The molecule has 2 rings (SSSR count). The van der Waals surface area contributed by atoms with Gasteiger partial charge in [0.1, 0.15) is 11.6 Å². The van der Waals surface area contributed by atoms with Crippen LogP contribution in [0, 0.1) is 12.7 Å². The minimum Gasteiger partial charge on any atom is -0.508 e. The van der Waals surface area contributed by atoms with Crippen molar-refractivity contribution >= 4 is 29.9 Å². The molecule has 0 amide bonds. The lowest BCUT2D eigenvalue weighted by Crippen LogP contribution is -2.38. The predicted molar refractivity (Wildman–Crippen MR) is 111 cm³/mol. The summed E-state index contributed by atoms with van der Waals surface area (Å²) >= 11 is 0. The summed E-state index contributed by atoms with van der Waals surface area (Å²) < 4.78 is 13.1. The van der Waals surface area contributed by atoms with Crippen molar-refractivity contribution in [3.8, 4) is 5.75 Å². The van der Waals surface area contributed by atoms with Gasteiger partial charge in [0.2, 0.25) is 0 Å². The Morgan fingerprint density at radius 1 is 1.12 bits per heavy atom. The lowest BCUT2D eigenvalue weighted by Gasteiger charge is -2.12. The molecule has 4 nitrogen and oxygen atoms in total. The van der Waals surface area contributed by atoms with E-state index in [1.807, 2.05) is 32.0 Å². The second-order valence-corrected chi connectivity index (χ2v) is 5.61. The quantitative estimate of drug-likeness (QED) is 0.352. The van der Waals surface area contributed by atoms with Gasteiger partial charge in [-0.05, 0) is 61.2 Å². The molecule has 136 valence electrons. The van der Waals surface area contributed by atoms with Crippen LogP contribution in [0.3, 0.4) is 0 Å². The normalized spacial score (nSPS) is 10.9. The van der Waals surface area contributed by atoms with Crippen LogP contribution in [0.15, 0.2) is 47.5 Å². The minimum atomic E-state index is -0.201. The lowest BCUT2D eigenvalue weighted by atomic mass is 10.1. The fraction of sp³-hybridized carbons (Fsp3) is 0.316. The van der Waals surface area contributed by atoms with Gasteiger partial charge in [-0.25, -0.2) is 9.38 Å². The van der Waals surface area contributed by atoms with Gasteiger partial charge < -0.3 is 15.7 Å². The maximum atomic E-state index is 13.1. The van der Waals surface area contributed by atoms with Crippen LogP contribution in [-0.2, 0) is 13.0 Å². The number of rotatable bonds is 6. The van der Waals surface area contributed by atoms with E-state index in [0.29, 0.717) is 13.1 Å². The third kappa shape index (κ3) is 7.29. The molecule has 0 heterocycles. The second kappa shape index (κ2) is 10.9. The monoisotopic (exact) mass is 457 g/mol. The first-order chi connectivity index (χ1) is 11.6. The van der Waals surface area contributed by atoms with Crippen LogP contribution in [-0.4, -0.2) is 24.2 Å². The highest BCUT2D eigenvalue weighted by atomic mass is 127. The Hall–Kier alpha value is -1.83. The molecule has 0 aliphatic carbocycles. The average Bonchev–Trinajstić information content (AvgIpc) is 2.56. The number of aliphatic imine (C=N–C) groups is 1. The molecular weight excluding hydrogens is 432 g/mol. The summed E-state index contributed by atoms with van der Waals surface area (Å²) in [6.07, 6.45) is 0.801. The summed E-state index contributed by atoms with van der Waals surface area (Å²) in [7, 11) is 0. The van der Waals surface area contributed by atoms with Gasteiger partial charge >= 0.3 is 0 Å². The van der Waals surface area contributed by atoms with Gasteiger partial charge in [0.25, 0.3) is 0 Å². The smallest absolute Gasteiger partial charge is 0.191 e. The molecule has 0 radical (unpaired) electrons. The molecule has 0 bridgehead atoms. The average molecular weight is 457 g/mol. The SMILES string of the molecule is CCNC(=NCc1ccc(O)cc1)NCCc1ccc(F)cc1C.I. The van der Waals surface area contributed by atoms with Crippen molar-refractivity contribution in [3.63, 3.8) is 0 Å². The Labute approximate surface area is 165 Å². The number of nitrogens with zero attached hydrogens (tertiary/aromatic N) is 1. The zero-order valence-corrected chi connectivity index (χ0v) is 16.9. The van der Waals surface area contributed by atoms with E-state index < -0.39 is 0 Å². The summed E-state index contributed by atoms with van der Waals surface area (Å²) in [6, 6.07) is 11.9. The van der Waals surface area contributed by atoms with E-state index >= 15 is 0 Å². The summed E-state index contributed by atoms with van der Waals surface area (Å²) in [5.41, 5.74) is 3.11. The molecule has 0 fully saturated rings. The van der Waals surface area contributed by atoms with Crippen LogP contribution in [0.25, 0.3) is 0 Å². The van der Waals surface area contributed by atoms with Crippen molar-refractivity contribution in [1.82, 2.24) is 10.6 Å². The lowest BCUT2D eigenvalue weighted by molar-refractivity contribution is 0.475. The number of phenolic OH excluding ortho intramolecular Hbond substituents is 1. The van der Waals surface area contributed by atoms with Crippen molar-refractivity contribution in [2.75, 3.05) is 13.1 Å². The first-order valence-electron chi connectivity index (χ1n) is 8.13. The number of benzene rings is 2. The molecule has 2 aromatic rings. The maximum Gasteiger partial charge on any atom is 0.191 e. The fourth-order valence-corrected chi connectivity index (χ4v) is 2.37. The summed E-state index contributed by atoms with van der Waals surface area (Å²) in [4.78, 5) is 4.53. The third-order valence-electron chi connectivity index (χ3n) is 3.69. The highest BCUT2D eigenvalue weighted by molar-refractivity contribution is 14.0. The molecule has 25 heavy (non-hydrogen) atoms. The van der Waals surface area contributed by atoms with Crippen molar-refractivity contribution in [1.29, 1.82) is 0 Å². The number of nitrogens with one attached hydrogen (secondary N) is 2. The molecular formula is C19H25FIN3O. The van der Waals surface area contributed by atoms with Crippen molar-refractivity contribution in [2.24, 2.45) is 4.99 Å². The highest BCUT2D eigenvalue weighted by Gasteiger charge is 2.02. The number of hydrogen-bond donors (Lipinski definition) is 3. The van der Waals surface area contributed by atoms with E-state index in [1.165, 1.54) is 6.07 Å². The molecule has 0 saturated heterocycles. The Balaban J connectivity index is 0.00000312.